The van der Waals surface area contributed by atoms with E-state index in [1.807, 2.05) is 25.3 Å². The molecule has 0 N–H and O–H groups in total. The SMILES string of the molecule is CCOC(=O)CCCc1ccc(COC)cn1. The van der Waals surface area contributed by atoms with Gasteiger partial charge in [0.05, 0.1) is 13.2 Å². The van der Waals surface area contributed by atoms with Crippen molar-refractivity contribution in [1.82, 2.24) is 4.98 Å². The van der Waals surface area contributed by atoms with Gasteiger partial charge < -0.3 is 9.47 Å². The third-order valence-electron chi connectivity index (χ3n) is 2.32. The lowest BCUT2D eigenvalue weighted by Crippen LogP contribution is -2.04. The van der Waals surface area contributed by atoms with E-state index in [9.17, 15) is 4.79 Å². The number of ether oxygens (including phenoxy) is 2. The Morgan fingerprint density at radius 3 is 2.82 bits per heavy atom. The largest absolute Gasteiger partial charge is 0.466 e. The second-order valence-electron chi connectivity index (χ2n) is 3.75. The van der Waals surface area contributed by atoms with Crippen molar-refractivity contribution in [2.45, 2.75) is 32.8 Å². The van der Waals surface area contributed by atoms with Gasteiger partial charge in [-0.3, -0.25) is 9.78 Å². The van der Waals surface area contributed by atoms with Crippen molar-refractivity contribution in [2.24, 2.45) is 0 Å². The molecular weight excluding hydrogens is 218 g/mol. The maximum absolute atomic E-state index is 11.1. The summed E-state index contributed by atoms with van der Waals surface area (Å²) in [6.45, 7) is 2.84. The Balaban J connectivity index is 2.29. The van der Waals surface area contributed by atoms with Crippen molar-refractivity contribution in [1.29, 1.82) is 0 Å². The lowest BCUT2D eigenvalue weighted by atomic mass is 10.1. The van der Waals surface area contributed by atoms with Crippen LogP contribution in [-0.4, -0.2) is 24.7 Å². The first kappa shape index (κ1) is 13.6. The first-order valence-electron chi connectivity index (χ1n) is 5.84. The van der Waals surface area contributed by atoms with Crippen LogP contribution in [0.25, 0.3) is 0 Å². The molecule has 4 nitrogen and oxygen atoms in total. The molecule has 4 heteroatoms. The lowest BCUT2D eigenvalue weighted by molar-refractivity contribution is -0.143. The predicted octanol–water partition coefficient (Wildman–Crippen LogP) is 2.11. The van der Waals surface area contributed by atoms with Crippen molar-refractivity contribution in [3.8, 4) is 0 Å². The molecule has 0 spiro atoms. The maximum Gasteiger partial charge on any atom is 0.305 e. The summed E-state index contributed by atoms with van der Waals surface area (Å²) in [5.41, 5.74) is 2.05. The Kier molecular flexibility index (Phi) is 6.25. The molecule has 1 aromatic rings. The van der Waals surface area contributed by atoms with E-state index in [0.29, 0.717) is 19.6 Å². The van der Waals surface area contributed by atoms with Crippen LogP contribution in [0.2, 0.25) is 0 Å². The molecule has 1 heterocycles. The van der Waals surface area contributed by atoms with Crippen molar-refractivity contribution < 1.29 is 14.3 Å². The molecule has 1 rings (SSSR count). The molecule has 0 unspecified atom stereocenters. The predicted molar refractivity (Wildman–Crippen MR) is 64.5 cm³/mol. The van der Waals surface area contributed by atoms with Gasteiger partial charge in [-0.25, -0.2) is 0 Å². The fourth-order valence-corrected chi connectivity index (χ4v) is 1.50. The number of nitrogens with zero attached hydrogens (tertiary/aromatic N) is 1. The molecule has 0 saturated carbocycles. The molecule has 1 aromatic heterocycles. The topological polar surface area (TPSA) is 48.4 Å². The minimum Gasteiger partial charge on any atom is -0.466 e. The van der Waals surface area contributed by atoms with E-state index in [0.717, 1.165) is 24.1 Å². The van der Waals surface area contributed by atoms with Gasteiger partial charge in [0.2, 0.25) is 0 Å². The molecule has 94 valence electrons. The average molecular weight is 237 g/mol. The Labute approximate surface area is 102 Å². The van der Waals surface area contributed by atoms with Crippen LogP contribution in [-0.2, 0) is 27.3 Å². The Bertz CT molecular complexity index is 335. The molecule has 0 atom stereocenters. The second kappa shape index (κ2) is 7.79. The molecule has 0 amide bonds. The molecule has 17 heavy (non-hydrogen) atoms. The lowest BCUT2D eigenvalue weighted by Gasteiger charge is -2.03. The zero-order valence-electron chi connectivity index (χ0n) is 10.4. The summed E-state index contributed by atoms with van der Waals surface area (Å²) < 4.78 is 9.86. The van der Waals surface area contributed by atoms with E-state index in [-0.39, 0.29) is 5.97 Å². The maximum atomic E-state index is 11.1. The minimum absolute atomic E-state index is 0.136. The van der Waals surface area contributed by atoms with Gasteiger partial charge in [0.1, 0.15) is 0 Å². The first-order valence-corrected chi connectivity index (χ1v) is 5.84. The van der Waals surface area contributed by atoms with Crippen LogP contribution in [0, 0.1) is 0 Å². The highest BCUT2D eigenvalue weighted by Gasteiger charge is 2.02. The summed E-state index contributed by atoms with van der Waals surface area (Å²) in [6, 6.07) is 3.97. The first-order chi connectivity index (χ1) is 8.26. The number of carbonyl (C=O) groups excluding carboxylic acids is 1. The highest BCUT2D eigenvalue weighted by Crippen LogP contribution is 2.05. The summed E-state index contributed by atoms with van der Waals surface area (Å²) in [6.07, 6.45) is 3.83. The molecule has 0 aliphatic rings. The van der Waals surface area contributed by atoms with E-state index >= 15 is 0 Å². The van der Waals surface area contributed by atoms with E-state index in [1.165, 1.54) is 0 Å². The molecule has 0 saturated heterocycles. The zero-order valence-corrected chi connectivity index (χ0v) is 10.4. The van der Waals surface area contributed by atoms with Crippen molar-refractivity contribution in [3.05, 3.63) is 29.6 Å². The summed E-state index contributed by atoms with van der Waals surface area (Å²) in [7, 11) is 1.66. The van der Waals surface area contributed by atoms with Gasteiger partial charge >= 0.3 is 5.97 Å². The monoisotopic (exact) mass is 237 g/mol. The molecule has 0 aromatic carbocycles. The van der Waals surface area contributed by atoms with E-state index in [1.54, 1.807) is 7.11 Å². The summed E-state index contributed by atoms with van der Waals surface area (Å²) in [4.78, 5) is 15.4. The molecular formula is C13H19NO3. The van der Waals surface area contributed by atoms with E-state index in [2.05, 4.69) is 4.98 Å². The number of pyridine rings is 1. The van der Waals surface area contributed by atoms with Gasteiger partial charge in [-0.05, 0) is 31.4 Å². The van der Waals surface area contributed by atoms with Crippen molar-refractivity contribution in [2.75, 3.05) is 13.7 Å². The molecule has 0 aliphatic heterocycles. The number of aromatic nitrogens is 1. The standard InChI is InChI=1S/C13H19NO3/c1-3-17-13(15)6-4-5-12-8-7-11(9-14-12)10-16-2/h7-9H,3-6,10H2,1-2H3. The third-order valence-corrected chi connectivity index (χ3v) is 2.32. The fourth-order valence-electron chi connectivity index (χ4n) is 1.50. The van der Waals surface area contributed by atoms with Crippen LogP contribution in [0.5, 0.6) is 0 Å². The van der Waals surface area contributed by atoms with Crippen molar-refractivity contribution in [3.63, 3.8) is 0 Å². The van der Waals surface area contributed by atoms with Gasteiger partial charge in [0.15, 0.2) is 0 Å². The van der Waals surface area contributed by atoms with Gasteiger partial charge in [-0.2, -0.15) is 0 Å². The molecule has 0 bridgehead atoms. The summed E-state index contributed by atoms with van der Waals surface area (Å²) in [5, 5.41) is 0. The van der Waals surface area contributed by atoms with Crippen LogP contribution >= 0.6 is 0 Å². The smallest absolute Gasteiger partial charge is 0.305 e. The number of methoxy groups -OCH3 is 1. The van der Waals surface area contributed by atoms with Gasteiger partial charge in [-0.15, -0.1) is 0 Å². The van der Waals surface area contributed by atoms with Gasteiger partial charge in [0, 0.05) is 25.4 Å². The van der Waals surface area contributed by atoms with Crippen LogP contribution in [0.3, 0.4) is 0 Å². The average Bonchev–Trinajstić information content (AvgIpc) is 2.32. The fraction of sp³-hybridized carbons (Fsp3) is 0.538. The van der Waals surface area contributed by atoms with Gasteiger partial charge in [-0.1, -0.05) is 6.07 Å². The van der Waals surface area contributed by atoms with Crippen LogP contribution < -0.4 is 0 Å². The minimum atomic E-state index is -0.136. The van der Waals surface area contributed by atoms with Crippen LogP contribution in [0.4, 0.5) is 0 Å². The second-order valence-corrected chi connectivity index (χ2v) is 3.75. The Hall–Kier alpha value is -1.42. The number of aryl methyl sites for hydroxylation is 1. The molecule has 0 fully saturated rings. The van der Waals surface area contributed by atoms with E-state index in [4.69, 9.17) is 9.47 Å². The Morgan fingerprint density at radius 2 is 2.24 bits per heavy atom. The molecule has 0 aliphatic carbocycles. The number of rotatable bonds is 7. The number of hydrogen-bond donors (Lipinski definition) is 0. The van der Waals surface area contributed by atoms with E-state index < -0.39 is 0 Å². The number of esters is 1. The zero-order chi connectivity index (χ0) is 12.5. The van der Waals surface area contributed by atoms with Crippen LogP contribution in [0.15, 0.2) is 18.3 Å². The summed E-state index contributed by atoms with van der Waals surface area (Å²) in [5.74, 6) is -0.136. The van der Waals surface area contributed by atoms with Crippen molar-refractivity contribution >= 4 is 5.97 Å². The van der Waals surface area contributed by atoms with Gasteiger partial charge in [0.25, 0.3) is 0 Å². The highest BCUT2D eigenvalue weighted by atomic mass is 16.5. The van der Waals surface area contributed by atoms with Crippen LogP contribution in [0.1, 0.15) is 31.0 Å². The number of hydrogen-bond acceptors (Lipinski definition) is 4. The third kappa shape index (κ3) is 5.45. The quantitative estimate of drug-likeness (QED) is 0.681. The highest BCUT2D eigenvalue weighted by molar-refractivity contribution is 5.69. The number of carbonyl (C=O) groups is 1. The summed E-state index contributed by atoms with van der Waals surface area (Å²) >= 11 is 0. The normalized spacial score (nSPS) is 10.2. The Morgan fingerprint density at radius 1 is 1.41 bits per heavy atom. The molecule has 0 radical (unpaired) electrons.